The zero-order chi connectivity index (χ0) is 27.1. The Bertz CT molecular complexity index is 1760. The van der Waals surface area contributed by atoms with Gasteiger partial charge in [0.25, 0.3) is 5.56 Å². The number of aryl methyl sites for hydroxylation is 1. The topological polar surface area (TPSA) is 65.6 Å². The van der Waals surface area contributed by atoms with E-state index in [0.29, 0.717) is 20.6 Å². The Kier molecular flexibility index (Phi) is 6.71. The van der Waals surface area contributed by atoms with Crippen LogP contribution in [0.5, 0.6) is 0 Å². The average molecular weight is 534 g/mol. The van der Waals surface area contributed by atoms with E-state index < -0.39 is 17.8 Å². The highest BCUT2D eigenvalue weighted by atomic mass is 32.1. The summed E-state index contributed by atoms with van der Waals surface area (Å²) in [7, 11) is 0. The van der Waals surface area contributed by atoms with Crippen LogP contribution in [0.1, 0.15) is 42.4 Å². The Morgan fingerprint density at radius 3 is 2.32 bits per heavy atom. The van der Waals surface area contributed by atoms with Crippen LogP contribution in [-0.2, 0) is 9.53 Å². The molecule has 5 rings (SSSR count). The van der Waals surface area contributed by atoms with Gasteiger partial charge in [0.2, 0.25) is 0 Å². The van der Waals surface area contributed by atoms with Gasteiger partial charge in [-0.1, -0.05) is 23.5 Å². The van der Waals surface area contributed by atoms with Crippen molar-refractivity contribution in [2.45, 2.75) is 33.7 Å². The van der Waals surface area contributed by atoms with Crippen molar-refractivity contribution in [1.82, 2.24) is 9.13 Å². The summed E-state index contributed by atoms with van der Waals surface area (Å²) < 4.78 is 36.4. The van der Waals surface area contributed by atoms with E-state index in [0.717, 1.165) is 22.6 Å². The van der Waals surface area contributed by atoms with E-state index in [9.17, 15) is 18.4 Å². The van der Waals surface area contributed by atoms with Gasteiger partial charge in [0.05, 0.1) is 28.5 Å². The highest BCUT2D eigenvalue weighted by molar-refractivity contribution is 7.07. The van der Waals surface area contributed by atoms with Crippen molar-refractivity contribution in [3.63, 3.8) is 0 Å². The molecule has 0 unspecified atom stereocenters. The van der Waals surface area contributed by atoms with Gasteiger partial charge < -0.3 is 9.30 Å². The van der Waals surface area contributed by atoms with Crippen molar-refractivity contribution in [3.8, 4) is 5.69 Å². The monoisotopic (exact) mass is 533 g/mol. The van der Waals surface area contributed by atoms with Gasteiger partial charge in [-0.15, -0.1) is 0 Å². The lowest BCUT2D eigenvalue weighted by atomic mass is 9.96. The Morgan fingerprint density at radius 2 is 1.68 bits per heavy atom. The normalized spacial score (nSPS) is 15.4. The van der Waals surface area contributed by atoms with Crippen LogP contribution in [0.25, 0.3) is 11.8 Å². The standard InChI is InChI=1S/C29H25F2N3O3S/c1-5-37-28(36)25-17(3)32-29-34(26(25)19-6-8-21(30)9-7-19)27(35)24(38-29)15-20-14-16(2)33(18(20)4)23-12-10-22(31)11-13-23/h6-15,26H,5H2,1-4H3/b24-15+/t26-/m1/s1. The van der Waals surface area contributed by atoms with Crippen LogP contribution in [0.15, 0.2) is 75.7 Å². The van der Waals surface area contributed by atoms with Gasteiger partial charge in [-0.3, -0.25) is 9.36 Å². The van der Waals surface area contributed by atoms with Crippen molar-refractivity contribution >= 4 is 23.4 Å². The van der Waals surface area contributed by atoms with Crippen LogP contribution >= 0.6 is 11.3 Å². The molecule has 1 aliphatic heterocycles. The molecule has 4 aromatic rings. The van der Waals surface area contributed by atoms with E-state index >= 15 is 0 Å². The van der Waals surface area contributed by atoms with Crippen molar-refractivity contribution in [2.75, 3.05) is 6.61 Å². The number of carbonyl (C=O) groups excluding carboxylic acids is 1. The third-order valence-corrected chi connectivity index (χ3v) is 7.53. The highest BCUT2D eigenvalue weighted by Crippen LogP contribution is 2.31. The van der Waals surface area contributed by atoms with Gasteiger partial charge in [0.15, 0.2) is 4.80 Å². The van der Waals surface area contributed by atoms with Crippen molar-refractivity contribution in [1.29, 1.82) is 0 Å². The second-order valence-electron chi connectivity index (χ2n) is 8.99. The van der Waals surface area contributed by atoms with Gasteiger partial charge >= 0.3 is 5.97 Å². The number of thiazole rings is 1. The third-order valence-electron chi connectivity index (χ3n) is 6.54. The number of esters is 1. The molecule has 38 heavy (non-hydrogen) atoms. The van der Waals surface area contributed by atoms with Crippen molar-refractivity contribution in [3.05, 3.63) is 120 Å². The number of carbonyl (C=O) groups is 1. The fraction of sp³-hybridized carbons (Fsp3) is 0.207. The first kappa shape index (κ1) is 25.5. The van der Waals surface area contributed by atoms with Crippen LogP contribution < -0.4 is 14.9 Å². The molecule has 0 saturated heterocycles. The van der Waals surface area contributed by atoms with Gasteiger partial charge in [0, 0.05) is 17.1 Å². The Balaban J connectivity index is 1.68. The predicted octanol–water partition coefficient (Wildman–Crippen LogP) is 4.48. The first-order valence-corrected chi connectivity index (χ1v) is 12.9. The SMILES string of the molecule is CCOC(=O)C1=C(C)N=c2s/c(=C/c3cc(C)n(-c4ccc(F)cc4)c3C)c(=O)n2[C@@H]1c1ccc(F)cc1. The number of hydrogen-bond donors (Lipinski definition) is 0. The smallest absolute Gasteiger partial charge is 0.338 e. The maximum absolute atomic E-state index is 13.8. The Hall–Kier alpha value is -4.11. The predicted molar refractivity (Wildman–Crippen MR) is 142 cm³/mol. The van der Waals surface area contributed by atoms with Crippen LogP contribution in [0.2, 0.25) is 0 Å². The zero-order valence-electron chi connectivity index (χ0n) is 21.3. The lowest BCUT2D eigenvalue weighted by molar-refractivity contribution is -0.139. The number of rotatable bonds is 5. The number of nitrogens with zero attached hydrogens (tertiary/aromatic N) is 3. The summed E-state index contributed by atoms with van der Waals surface area (Å²) in [6, 6.07) is 13.1. The number of fused-ring (bicyclic) bond motifs is 1. The van der Waals surface area contributed by atoms with Gasteiger partial charge in [-0.25, -0.2) is 18.6 Å². The summed E-state index contributed by atoms with van der Waals surface area (Å²) in [5, 5.41) is 0. The molecule has 2 aromatic heterocycles. The van der Waals surface area contributed by atoms with E-state index in [1.54, 1.807) is 44.2 Å². The maximum Gasteiger partial charge on any atom is 0.338 e. The molecule has 3 heterocycles. The van der Waals surface area contributed by atoms with E-state index in [1.165, 1.54) is 40.2 Å². The number of ether oxygens (including phenoxy) is 1. The van der Waals surface area contributed by atoms with Crippen LogP contribution in [0, 0.1) is 25.5 Å². The molecule has 0 radical (unpaired) electrons. The van der Waals surface area contributed by atoms with E-state index in [4.69, 9.17) is 4.74 Å². The molecule has 2 aromatic carbocycles. The fourth-order valence-corrected chi connectivity index (χ4v) is 5.85. The molecule has 6 nitrogen and oxygen atoms in total. The summed E-state index contributed by atoms with van der Waals surface area (Å²) in [5.74, 6) is -1.30. The molecule has 0 aliphatic carbocycles. The zero-order valence-corrected chi connectivity index (χ0v) is 22.1. The van der Waals surface area contributed by atoms with E-state index in [-0.39, 0.29) is 23.6 Å². The molecule has 0 fully saturated rings. The second-order valence-corrected chi connectivity index (χ2v) is 10.0. The Morgan fingerprint density at radius 1 is 1.05 bits per heavy atom. The molecule has 1 aliphatic rings. The average Bonchev–Trinajstić information content (AvgIpc) is 3.34. The highest BCUT2D eigenvalue weighted by Gasteiger charge is 2.33. The fourth-order valence-electron chi connectivity index (χ4n) is 4.81. The van der Waals surface area contributed by atoms with Crippen LogP contribution in [0.3, 0.4) is 0 Å². The summed E-state index contributed by atoms with van der Waals surface area (Å²) in [5.41, 5.74) is 4.41. The summed E-state index contributed by atoms with van der Waals surface area (Å²) in [6.07, 6.45) is 1.80. The van der Waals surface area contributed by atoms with E-state index in [2.05, 4.69) is 4.99 Å². The molecule has 0 spiro atoms. The van der Waals surface area contributed by atoms with Gasteiger partial charge in [0.1, 0.15) is 11.6 Å². The summed E-state index contributed by atoms with van der Waals surface area (Å²) in [6.45, 7) is 7.46. The maximum atomic E-state index is 13.8. The molecule has 9 heteroatoms. The minimum atomic E-state index is -0.806. The van der Waals surface area contributed by atoms with Gasteiger partial charge in [-0.2, -0.15) is 0 Å². The molecular formula is C29H25F2N3O3S. The van der Waals surface area contributed by atoms with Crippen molar-refractivity contribution < 1.29 is 18.3 Å². The minimum absolute atomic E-state index is 0.167. The van der Waals surface area contributed by atoms with Crippen LogP contribution in [-0.4, -0.2) is 21.7 Å². The lowest BCUT2D eigenvalue weighted by Crippen LogP contribution is -2.39. The van der Waals surface area contributed by atoms with E-state index in [1.807, 2.05) is 24.5 Å². The first-order valence-electron chi connectivity index (χ1n) is 12.1. The van der Waals surface area contributed by atoms with Gasteiger partial charge in [-0.05, 0) is 87.4 Å². The summed E-state index contributed by atoms with van der Waals surface area (Å²) in [4.78, 5) is 31.8. The largest absolute Gasteiger partial charge is 0.463 e. The molecule has 1 atom stereocenters. The number of aromatic nitrogens is 2. The molecular weight excluding hydrogens is 508 g/mol. The van der Waals surface area contributed by atoms with Crippen molar-refractivity contribution in [2.24, 2.45) is 4.99 Å². The summed E-state index contributed by atoms with van der Waals surface area (Å²) >= 11 is 1.22. The lowest BCUT2D eigenvalue weighted by Gasteiger charge is -2.24. The number of benzene rings is 2. The molecule has 0 saturated carbocycles. The molecule has 194 valence electrons. The Labute approximate surface area is 221 Å². The molecule has 0 amide bonds. The number of hydrogen-bond acceptors (Lipinski definition) is 5. The molecule has 0 N–H and O–H groups in total. The van der Waals surface area contributed by atoms with Crippen LogP contribution in [0.4, 0.5) is 8.78 Å². The minimum Gasteiger partial charge on any atom is -0.463 e. The number of halogens is 2. The number of allylic oxidation sites excluding steroid dienone is 1. The first-order chi connectivity index (χ1) is 18.2. The second kappa shape index (κ2) is 9.98. The quantitative estimate of drug-likeness (QED) is 0.355. The third kappa shape index (κ3) is 4.43. The molecule has 0 bridgehead atoms.